The van der Waals surface area contributed by atoms with E-state index in [-0.39, 0.29) is 0 Å². The molecule has 0 spiro atoms. The molecule has 0 saturated carbocycles. The van der Waals surface area contributed by atoms with Crippen LogP contribution in [0.4, 0.5) is 5.69 Å². The molecule has 3 nitrogen and oxygen atoms in total. The van der Waals surface area contributed by atoms with E-state index in [1.54, 1.807) is 0 Å². The molecule has 2 aromatic carbocycles. The largest absolute Gasteiger partial charge is 0.399 e. The first-order chi connectivity index (χ1) is 10.0. The van der Waals surface area contributed by atoms with E-state index in [0.29, 0.717) is 5.02 Å². The van der Waals surface area contributed by atoms with Crippen LogP contribution in [0.3, 0.4) is 0 Å². The van der Waals surface area contributed by atoms with Crippen LogP contribution in [0.1, 0.15) is 30.0 Å². The van der Waals surface area contributed by atoms with Gasteiger partial charge in [0.25, 0.3) is 0 Å². The molecule has 0 bridgehead atoms. The summed E-state index contributed by atoms with van der Waals surface area (Å²) in [5.41, 5.74) is 10.2. The predicted molar refractivity (Wildman–Crippen MR) is 86.6 cm³/mol. The Labute approximate surface area is 129 Å². The molecule has 0 aliphatic carbocycles. The normalized spacial score (nSPS) is 21.0. The fourth-order valence-electron chi connectivity index (χ4n) is 2.70. The topological polar surface area (TPSA) is 47.6 Å². The van der Waals surface area contributed by atoms with Gasteiger partial charge in [0.15, 0.2) is 5.60 Å². The van der Waals surface area contributed by atoms with Gasteiger partial charge in [-0.15, -0.1) is 0 Å². The average molecular weight is 301 g/mol. The molecule has 0 saturated heterocycles. The van der Waals surface area contributed by atoms with E-state index >= 15 is 0 Å². The van der Waals surface area contributed by atoms with Crippen molar-refractivity contribution in [3.63, 3.8) is 0 Å². The van der Waals surface area contributed by atoms with Crippen LogP contribution >= 0.6 is 11.6 Å². The van der Waals surface area contributed by atoms with Gasteiger partial charge in [-0.2, -0.15) is 0 Å². The van der Waals surface area contributed by atoms with Crippen molar-refractivity contribution in [1.29, 1.82) is 0 Å². The van der Waals surface area contributed by atoms with Crippen LogP contribution in [0.2, 0.25) is 5.02 Å². The molecular formula is C17H17ClN2O. The summed E-state index contributed by atoms with van der Waals surface area (Å²) in [5.74, 6) is 0. The third-order valence-corrected chi connectivity index (χ3v) is 4.16. The van der Waals surface area contributed by atoms with Crippen LogP contribution in [0.5, 0.6) is 0 Å². The summed E-state index contributed by atoms with van der Waals surface area (Å²) >= 11 is 6.00. The molecular weight excluding hydrogens is 284 g/mol. The number of nitrogens with two attached hydrogens (primary N) is 1. The minimum Gasteiger partial charge on any atom is -0.399 e. The number of hydrogen-bond acceptors (Lipinski definition) is 3. The highest BCUT2D eigenvalue weighted by Crippen LogP contribution is 2.42. The molecule has 21 heavy (non-hydrogen) atoms. The van der Waals surface area contributed by atoms with E-state index < -0.39 is 5.60 Å². The molecule has 108 valence electrons. The van der Waals surface area contributed by atoms with Crippen LogP contribution in [0.15, 0.2) is 47.6 Å². The van der Waals surface area contributed by atoms with Gasteiger partial charge < -0.3 is 10.6 Å². The van der Waals surface area contributed by atoms with Gasteiger partial charge >= 0.3 is 0 Å². The van der Waals surface area contributed by atoms with Gasteiger partial charge in [-0.1, -0.05) is 35.0 Å². The first-order valence-electron chi connectivity index (χ1n) is 6.85. The summed E-state index contributed by atoms with van der Waals surface area (Å²) in [5, 5.41) is 4.88. The molecule has 4 heteroatoms. The van der Waals surface area contributed by atoms with Crippen molar-refractivity contribution in [1.82, 2.24) is 0 Å². The lowest BCUT2D eigenvalue weighted by Crippen LogP contribution is -2.27. The zero-order valence-electron chi connectivity index (χ0n) is 12.1. The van der Waals surface area contributed by atoms with E-state index in [2.05, 4.69) is 11.2 Å². The van der Waals surface area contributed by atoms with Gasteiger partial charge in [-0.05, 0) is 43.7 Å². The first-order valence-corrected chi connectivity index (χ1v) is 7.23. The second-order valence-electron chi connectivity index (χ2n) is 5.50. The summed E-state index contributed by atoms with van der Waals surface area (Å²) in [6.07, 6.45) is 0.720. The van der Waals surface area contributed by atoms with E-state index in [4.69, 9.17) is 22.2 Å². The Morgan fingerprint density at radius 3 is 2.33 bits per heavy atom. The molecule has 1 aliphatic heterocycles. The molecule has 1 heterocycles. The van der Waals surface area contributed by atoms with E-state index in [1.807, 2.05) is 50.2 Å². The van der Waals surface area contributed by atoms with Crippen LogP contribution in [0, 0.1) is 6.92 Å². The summed E-state index contributed by atoms with van der Waals surface area (Å²) in [7, 11) is 0. The fourth-order valence-corrected chi connectivity index (χ4v) is 2.83. The Balaban J connectivity index is 2.13. The minimum absolute atomic E-state index is 0.590. The van der Waals surface area contributed by atoms with Gasteiger partial charge in [0, 0.05) is 28.3 Å². The number of aryl methyl sites for hydroxylation is 1. The van der Waals surface area contributed by atoms with E-state index in [9.17, 15) is 0 Å². The van der Waals surface area contributed by atoms with Crippen molar-refractivity contribution in [2.45, 2.75) is 25.9 Å². The summed E-state index contributed by atoms with van der Waals surface area (Å²) in [6, 6.07) is 13.7. The van der Waals surface area contributed by atoms with Crippen molar-refractivity contribution >= 4 is 23.0 Å². The molecule has 0 radical (unpaired) electrons. The van der Waals surface area contributed by atoms with Crippen molar-refractivity contribution in [3.8, 4) is 0 Å². The Morgan fingerprint density at radius 1 is 1.10 bits per heavy atom. The molecule has 1 aliphatic rings. The predicted octanol–water partition coefficient (Wildman–Crippen LogP) is 4.27. The molecule has 2 aromatic rings. The number of oxime groups is 1. The lowest BCUT2D eigenvalue weighted by atomic mass is 9.82. The molecule has 0 fully saturated rings. The number of rotatable bonds is 2. The molecule has 0 aromatic heterocycles. The molecule has 2 N–H and O–H groups in total. The highest BCUT2D eigenvalue weighted by Gasteiger charge is 2.41. The molecule has 1 unspecified atom stereocenters. The Kier molecular flexibility index (Phi) is 3.38. The van der Waals surface area contributed by atoms with Crippen LogP contribution in [0.25, 0.3) is 0 Å². The maximum absolute atomic E-state index is 6.00. The smallest absolute Gasteiger partial charge is 0.193 e. The number of hydrogen-bond donors (Lipinski definition) is 1. The lowest BCUT2D eigenvalue weighted by Gasteiger charge is -2.28. The second-order valence-corrected chi connectivity index (χ2v) is 5.94. The summed E-state index contributed by atoms with van der Waals surface area (Å²) in [4.78, 5) is 5.86. The van der Waals surface area contributed by atoms with Crippen molar-refractivity contribution < 1.29 is 4.84 Å². The van der Waals surface area contributed by atoms with Crippen molar-refractivity contribution in [2.24, 2.45) is 5.16 Å². The number of halogens is 1. The Bertz CT molecular complexity index is 709. The quantitative estimate of drug-likeness (QED) is 0.842. The van der Waals surface area contributed by atoms with Crippen LogP contribution in [-0.4, -0.2) is 5.71 Å². The molecule has 1 atom stereocenters. The Hall–Kier alpha value is -2.00. The SMILES string of the molecule is CC1=NOC(c2ccc(Cl)cc2)(c2ccc(N)c(C)c2)C1. The van der Waals surface area contributed by atoms with Gasteiger partial charge in [0.2, 0.25) is 0 Å². The fraction of sp³-hybridized carbons (Fsp3) is 0.235. The standard InChI is InChI=1S/C17H17ClN2O/c1-11-9-14(5-8-16(11)19)17(10-12(2)20-21-17)13-3-6-15(18)7-4-13/h3-9H,10,19H2,1-2H3. The van der Waals surface area contributed by atoms with Crippen molar-refractivity contribution in [2.75, 3.05) is 5.73 Å². The minimum atomic E-state index is -0.590. The highest BCUT2D eigenvalue weighted by molar-refractivity contribution is 6.30. The first kappa shape index (κ1) is 14.0. The number of nitrogens with zero attached hydrogens (tertiary/aromatic N) is 1. The number of anilines is 1. The van der Waals surface area contributed by atoms with Crippen LogP contribution < -0.4 is 5.73 Å². The second kappa shape index (κ2) is 5.08. The van der Waals surface area contributed by atoms with Gasteiger partial charge in [0.1, 0.15) is 0 Å². The van der Waals surface area contributed by atoms with Gasteiger partial charge in [-0.25, -0.2) is 0 Å². The third-order valence-electron chi connectivity index (χ3n) is 3.91. The monoisotopic (exact) mass is 300 g/mol. The average Bonchev–Trinajstić information content (AvgIpc) is 2.86. The maximum atomic E-state index is 6.00. The van der Waals surface area contributed by atoms with Crippen molar-refractivity contribution in [3.05, 3.63) is 64.2 Å². The molecule has 3 rings (SSSR count). The number of benzene rings is 2. The lowest BCUT2D eigenvalue weighted by molar-refractivity contribution is 0.0112. The summed E-state index contributed by atoms with van der Waals surface area (Å²) in [6.45, 7) is 3.97. The van der Waals surface area contributed by atoms with Gasteiger partial charge in [-0.3, -0.25) is 0 Å². The third kappa shape index (κ3) is 2.38. The zero-order valence-corrected chi connectivity index (χ0v) is 12.8. The maximum Gasteiger partial charge on any atom is 0.193 e. The van der Waals surface area contributed by atoms with Crippen LogP contribution in [-0.2, 0) is 10.4 Å². The van der Waals surface area contributed by atoms with Gasteiger partial charge in [0.05, 0.1) is 5.71 Å². The molecule has 0 amide bonds. The van der Waals surface area contributed by atoms with E-state index in [1.165, 1.54) is 0 Å². The number of nitrogen functional groups attached to an aromatic ring is 1. The van der Waals surface area contributed by atoms with E-state index in [0.717, 1.165) is 34.5 Å². The summed E-state index contributed by atoms with van der Waals surface area (Å²) < 4.78 is 0. The zero-order chi connectivity index (χ0) is 15.0. The highest BCUT2D eigenvalue weighted by atomic mass is 35.5. The Morgan fingerprint density at radius 2 is 1.76 bits per heavy atom.